The van der Waals surface area contributed by atoms with Gasteiger partial charge >= 0.3 is 0 Å². The molecule has 0 aromatic heterocycles. The molecule has 11 nitrogen and oxygen atoms in total. The quantitative estimate of drug-likeness (QED) is 0.159. The first-order valence-electron chi connectivity index (χ1n) is 13.9. The average molecular weight is 631 g/mol. The van der Waals surface area contributed by atoms with E-state index in [4.69, 9.17) is 14.2 Å². The molecule has 0 spiro atoms. The topological polar surface area (TPSA) is 136 Å². The second kappa shape index (κ2) is 15.4. The zero-order chi connectivity index (χ0) is 32.2. The Morgan fingerprint density at radius 1 is 0.844 bits per heavy atom. The highest BCUT2D eigenvalue weighted by Crippen LogP contribution is 2.35. The molecule has 0 saturated heterocycles. The molecule has 4 aromatic rings. The first-order valence-corrected chi connectivity index (χ1v) is 15.3. The standard InChI is InChI=1S/C33H34N4O7S/c1-24-9-16-29(17-10-24)45(40,41)37(30-18-15-28(42-2)19-31(30)43-3)22-32(38)36-35-21-26-11-13-27(14-12-26)44-23-33(39)34-20-25-7-5-4-6-8-25/h4-19,21H,20,22-23H2,1-3H3,(H,34,39)(H,36,38)/b35-21-. The maximum atomic E-state index is 13.7. The lowest BCUT2D eigenvalue weighted by atomic mass is 10.2. The number of aryl methyl sites for hydroxylation is 1. The van der Waals surface area contributed by atoms with Gasteiger partial charge < -0.3 is 19.5 Å². The van der Waals surface area contributed by atoms with Crippen LogP contribution in [0.3, 0.4) is 0 Å². The molecule has 0 atom stereocenters. The number of nitrogens with one attached hydrogen (secondary N) is 2. The summed E-state index contributed by atoms with van der Waals surface area (Å²) >= 11 is 0. The van der Waals surface area contributed by atoms with Crippen LogP contribution in [0.1, 0.15) is 16.7 Å². The van der Waals surface area contributed by atoms with Crippen LogP contribution in [-0.2, 0) is 26.2 Å². The van der Waals surface area contributed by atoms with Crippen molar-refractivity contribution in [3.05, 3.63) is 114 Å². The summed E-state index contributed by atoms with van der Waals surface area (Å²) in [6, 6.07) is 27.2. The van der Waals surface area contributed by atoms with Crippen LogP contribution in [0.2, 0.25) is 0 Å². The van der Waals surface area contributed by atoms with E-state index in [1.54, 1.807) is 42.5 Å². The summed E-state index contributed by atoms with van der Waals surface area (Å²) in [6.07, 6.45) is 1.40. The van der Waals surface area contributed by atoms with E-state index in [0.29, 0.717) is 23.6 Å². The first-order chi connectivity index (χ1) is 21.7. The second-order valence-corrected chi connectivity index (χ2v) is 11.6. The van der Waals surface area contributed by atoms with Crippen LogP contribution >= 0.6 is 0 Å². The predicted octanol–water partition coefficient (Wildman–Crippen LogP) is 4.05. The van der Waals surface area contributed by atoms with E-state index in [2.05, 4.69) is 15.8 Å². The van der Waals surface area contributed by atoms with E-state index in [1.165, 1.54) is 44.7 Å². The lowest BCUT2D eigenvalue weighted by molar-refractivity contribution is -0.123. The number of ether oxygens (including phenoxy) is 3. The SMILES string of the molecule is COc1ccc(N(CC(=O)N/N=C\c2ccc(OCC(=O)NCc3ccccc3)cc2)S(=O)(=O)c2ccc(C)cc2)c(OC)c1. The first kappa shape index (κ1) is 32.6. The Morgan fingerprint density at radius 3 is 2.20 bits per heavy atom. The molecule has 45 heavy (non-hydrogen) atoms. The summed E-state index contributed by atoms with van der Waals surface area (Å²) in [5, 5.41) is 6.78. The minimum absolute atomic E-state index is 0.0123. The Hall–Kier alpha value is -5.36. The molecular weight excluding hydrogens is 596 g/mol. The molecule has 0 unspecified atom stereocenters. The molecule has 0 radical (unpaired) electrons. The minimum Gasteiger partial charge on any atom is -0.497 e. The van der Waals surface area contributed by atoms with Gasteiger partial charge in [-0.2, -0.15) is 5.10 Å². The van der Waals surface area contributed by atoms with Gasteiger partial charge in [0.05, 0.1) is 31.0 Å². The number of hydrazone groups is 1. The predicted molar refractivity (Wildman–Crippen MR) is 171 cm³/mol. The lowest BCUT2D eigenvalue weighted by Crippen LogP contribution is -2.39. The van der Waals surface area contributed by atoms with Crippen molar-refractivity contribution in [3.8, 4) is 17.2 Å². The number of sulfonamides is 1. The highest BCUT2D eigenvalue weighted by molar-refractivity contribution is 7.92. The summed E-state index contributed by atoms with van der Waals surface area (Å²) in [6.45, 7) is 1.54. The van der Waals surface area contributed by atoms with Crippen LogP contribution < -0.4 is 29.3 Å². The third-order valence-corrected chi connectivity index (χ3v) is 8.31. The van der Waals surface area contributed by atoms with Crippen molar-refractivity contribution in [2.45, 2.75) is 18.4 Å². The van der Waals surface area contributed by atoms with Gasteiger partial charge in [0.25, 0.3) is 21.8 Å². The molecule has 2 N–H and O–H groups in total. The van der Waals surface area contributed by atoms with E-state index in [0.717, 1.165) is 15.4 Å². The van der Waals surface area contributed by atoms with Gasteiger partial charge in [-0.25, -0.2) is 13.8 Å². The molecule has 4 rings (SSSR count). The highest BCUT2D eigenvalue weighted by atomic mass is 32.2. The Labute approximate surface area is 262 Å². The third kappa shape index (κ3) is 9.07. The van der Waals surface area contributed by atoms with Crippen molar-refractivity contribution in [2.24, 2.45) is 5.10 Å². The monoisotopic (exact) mass is 630 g/mol. The number of methoxy groups -OCH3 is 2. The number of carbonyl (C=O) groups excluding carboxylic acids is 2. The molecule has 0 aliphatic carbocycles. The number of carbonyl (C=O) groups is 2. The molecule has 0 aliphatic rings. The van der Waals surface area contributed by atoms with Crippen molar-refractivity contribution in [1.29, 1.82) is 0 Å². The molecule has 2 amide bonds. The fourth-order valence-corrected chi connectivity index (χ4v) is 5.55. The number of anilines is 1. The zero-order valence-corrected chi connectivity index (χ0v) is 25.9. The van der Waals surface area contributed by atoms with E-state index in [1.807, 2.05) is 37.3 Å². The van der Waals surface area contributed by atoms with Crippen LogP contribution in [0.25, 0.3) is 0 Å². The molecule has 0 aliphatic heterocycles. The molecule has 0 heterocycles. The molecule has 234 valence electrons. The molecule has 0 fully saturated rings. The van der Waals surface area contributed by atoms with Crippen LogP contribution in [0.15, 0.2) is 107 Å². The van der Waals surface area contributed by atoms with Gasteiger partial charge in [-0.05, 0) is 66.6 Å². The van der Waals surface area contributed by atoms with E-state index < -0.39 is 22.5 Å². The van der Waals surface area contributed by atoms with Gasteiger partial charge in [0.2, 0.25) is 0 Å². The average Bonchev–Trinajstić information content (AvgIpc) is 3.06. The minimum atomic E-state index is -4.17. The van der Waals surface area contributed by atoms with Gasteiger partial charge in [0, 0.05) is 12.6 Å². The van der Waals surface area contributed by atoms with Gasteiger partial charge in [-0.3, -0.25) is 13.9 Å². The van der Waals surface area contributed by atoms with Crippen molar-refractivity contribution in [1.82, 2.24) is 10.7 Å². The zero-order valence-electron chi connectivity index (χ0n) is 25.1. The number of benzene rings is 4. The Bertz CT molecular complexity index is 1730. The number of amides is 2. The summed E-state index contributed by atoms with van der Waals surface area (Å²) in [7, 11) is -1.29. The normalized spacial score (nSPS) is 11.1. The van der Waals surface area contributed by atoms with Crippen LogP contribution in [0.4, 0.5) is 5.69 Å². The molecule has 4 aromatic carbocycles. The molecule has 12 heteroatoms. The van der Waals surface area contributed by atoms with Crippen LogP contribution in [0.5, 0.6) is 17.2 Å². The number of nitrogens with zero attached hydrogens (tertiary/aromatic N) is 2. The van der Waals surface area contributed by atoms with Crippen LogP contribution in [-0.4, -0.2) is 53.8 Å². The molecule has 0 bridgehead atoms. The van der Waals surface area contributed by atoms with E-state index >= 15 is 0 Å². The van der Waals surface area contributed by atoms with Gasteiger partial charge in [0.1, 0.15) is 23.8 Å². The summed E-state index contributed by atoms with van der Waals surface area (Å²) < 4.78 is 44.6. The third-order valence-electron chi connectivity index (χ3n) is 6.54. The van der Waals surface area contributed by atoms with Gasteiger partial charge in [-0.1, -0.05) is 48.0 Å². The Balaban J connectivity index is 1.38. The molecule has 0 saturated carbocycles. The van der Waals surface area contributed by atoms with Gasteiger partial charge in [-0.15, -0.1) is 0 Å². The summed E-state index contributed by atoms with van der Waals surface area (Å²) in [5.41, 5.74) is 5.05. The fourth-order valence-electron chi connectivity index (χ4n) is 4.12. The fraction of sp³-hybridized carbons (Fsp3) is 0.182. The van der Waals surface area contributed by atoms with Gasteiger partial charge in [0.15, 0.2) is 6.61 Å². The van der Waals surface area contributed by atoms with Crippen molar-refractivity contribution >= 4 is 33.7 Å². The highest BCUT2D eigenvalue weighted by Gasteiger charge is 2.29. The number of hydrogen-bond acceptors (Lipinski definition) is 8. The summed E-state index contributed by atoms with van der Waals surface area (Å²) in [4.78, 5) is 25.1. The maximum absolute atomic E-state index is 13.7. The second-order valence-electron chi connectivity index (χ2n) is 9.78. The number of hydrogen-bond donors (Lipinski definition) is 2. The Kier molecular flexibility index (Phi) is 11.1. The summed E-state index contributed by atoms with van der Waals surface area (Å²) in [5.74, 6) is 0.216. The van der Waals surface area contributed by atoms with Crippen molar-refractivity contribution in [2.75, 3.05) is 31.7 Å². The van der Waals surface area contributed by atoms with Crippen molar-refractivity contribution in [3.63, 3.8) is 0 Å². The maximum Gasteiger partial charge on any atom is 0.264 e. The van der Waals surface area contributed by atoms with Crippen LogP contribution in [0, 0.1) is 6.92 Å². The number of rotatable bonds is 14. The van der Waals surface area contributed by atoms with Crippen molar-refractivity contribution < 1.29 is 32.2 Å². The largest absolute Gasteiger partial charge is 0.497 e. The van der Waals surface area contributed by atoms with E-state index in [-0.39, 0.29) is 28.8 Å². The lowest BCUT2D eigenvalue weighted by Gasteiger charge is -2.25. The Morgan fingerprint density at radius 2 is 1.53 bits per heavy atom. The van der Waals surface area contributed by atoms with E-state index in [9.17, 15) is 18.0 Å². The molecular formula is C33H34N4O7S. The smallest absolute Gasteiger partial charge is 0.264 e.